The molecule has 2 amide bonds. The third kappa shape index (κ3) is 6.59. The molecule has 0 aromatic heterocycles. The topological polar surface area (TPSA) is 78.9 Å². The predicted molar refractivity (Wildman–Crippen MR) is 146 cm³/mol. The van der Waals surface area contributed by atoms with Crippen LogP contribution >= 0.6 is 12.2 Å². The molecule has 1 aliphatic rings. The van der Waals surface area contributed by atoms with Gasteiger partial charge in [-0.05, 0) is 61.0 Å². The van der Waals surface area contributed by atoms with Crippen LogP contribution in [0.2, 0.25) is 0 Å². The molecule has 0 spiro atoms. The highest BCUT2D eigenvalue weighted by Gasteiger charge is 2.43. The van der Waals surface area contributed by atoms with Gasteiger partial charge in [0.2, 0.25) is 5.91 Å². The van der Waals surface area contributed by atoms with Gasteiger partial charge in [-0.3, -0.25) is 14.5 Å². The van der Waals surface area contributed by atoms with Crippen LogP contribution in [0.5, 0.6) is 0 Å². The van der Waals surface area contributed by atoms with Gasteiger partial charge in [0.1, 0.15) is 6.04 Å². The average Bonchev–Trinajstić information content (AvgIpc) is 3.12. The van der Waals surface area contributed by atoms with Gasteiger partial charge in [0, 0.05) is 18.8 Å². The van der Waals surface area contributed by atoms with Crippen molar-refractivity contribution < 1.29 is 19.1 Å². The van der Waals surface area contributed by atoms with Gasteiger partial charge < -0.3 is 15.0 Å². The number of ether oxygens (including phenoxy) is 1. The van der Waals surface area contributed by atoms with Crippen molar-refractivity contribution in [2.24, 2.45) is 0 Å². The standard InChI is InChI=1S/C29H29N3O4S/c1-2-36-28(35)23-13-15-24(16-14-23)30-26(33)19-25-27(34)31(18-17-21-9-5-3-6-10-21)29(37)32(25)20-22-11-7-4-8-12-22/h3-16,25H,2,17-20H2,1H3,(H,30,33). The molecule has 1 saturated heterocycles. The molecule has 190 valence electrons. The lowest BCUT2D eigenvalue weighted by Crippen LogP contribution is -2.37. The Morgan fingerprint density at radius 1 is 0.919 bits per heavy atom. The Kier molecular flexibility index (Phi) is 8.64. The zero-order chi connectivity index (χ0) is 26.2. The highest BCUT2D eigenvalue weighted by Crippen LogP contribution is 2.24. The quantitative estimate of drug-likeness (QED) is 0.318. The van der Waals surface area contributed by atoms with E-state index in [1.807, 2.05) is 65.6 Å². The Morgan fingerprint density at radius 2 is 1.54 bits per heavy atom. The fourth-order valence-electron chi connectivity index (χ4n) is 4.23. The number of benzene rings is 3. The lowest BCUT2D eigenvalue weighted by atomic mass is 10.1. The largest absolute Gasteiger partial charge is 0.462 e. The molecule has 1 N–H and O–H groups in total. The molecule has 1 fully saturated rings. The molecule has 37 heavy (non-hydrogen) atoms. The monoisotopic (exact) mass is 515 g/mol. The first kappa shape index (κ1) is 26.0. The van der Waals surface area contributed by atoms with Crippen LogP contribution in [-0.4, -0.2) is 51.9 Å². The Hall–Kier alpha value is -4.04. The number of thiocarbonyl (C=S) groups is 1. The van der Waals surface area contributed by atoms with E-state index in [2.05, 4.69) is 5.32 Å². The highest BCUT2D eigenvalue weighted by atomic mass is 32.1. The molecule has 7 nitrogen and oxygen atoms in total. The fraction of sp³-hybridized carbons (Fsp3) is 0.241. The van der Waals surface area contributed by atoms with Crippen molar-refractivity contribution >= 4 is 40.8 Å². The first-order valence-corrected chi connectivity index (χ1v) is 12.6. The number of carbonyl (C=O) groups is 3. The molecular weight excluding hydrogens is 486 g/mol. The summed E-state index contributed by atoms with van der Waals surface area (Å²) >= 11 is 5.73. The number of hydrogen-bond acceptors (Lipinski definition) is 5. The van der Waals surface area contributed by atoms with Crippen molar-refractivity contribution in [2.75, 3.05) is 18.5 Å². The van der Waals surface area contributed by atoms with Crippen LogP contribution in [0, 0.1) is 0 Å². The van der Waals surface area contributed by atoms with E-state index in [0.717, 1.165) is 11.1 Å². The molecule has 3 aromatic carbocycles. The SMILES string of the molecule is CCOC(=O)c1ccc(NC(=O)CC2C(=O)N(CCc3ccccc3)C(=S)N2Cc2ccccc2)cc1. The number of carbonyl (C=O) groups excluding carboxylic acids is 3. The van der Waals surface area contributed by atoms with Gasteiger partial charge in [-0.2, -0.15) is 0 Å². The van der Waals surface area contributed by atoms with Crippen molar-refractivity contribution in [1.29, 1.82) is 0 Å². The zero-order valence-corrected chi connectivity index (χ0v) is 21.4. The molecule has 3 aromatic rings. The molecule has 1 unspecified atom stereocenters. The Labute approximate surface area is 222 Å². The summed E-state index contributed by atoms with van der Waals surface area (Å²) in [6.45, 7) is 2.91. The third-order valence-corrected chi connectivity index (χ3v) is 6.58. The fourth-order valence-corrected chi connectivity index (χ4v) is 4.61. The molecule has 1 atom stereocenters. The first-order valence-electron chi connectivity index (χ1n) is 12.2. The maximum absolute atomic E-state index is 13.5. The van der Waals surface area contributed by atoms with Gasteiger partial charge in [0.05, 0.1) is 18.6 Å². The molecule has 0 aliphatic carbocycles. The number of anilines is 1. The Bertz CT molecular complexity index is 1250. The average molecular weight is 516 g/mol. The maximum Gasteiger partial charge on any atom is 0.338 e. The second-order valence-electron chi connectivity index (χ2n) is 8.69. The van der Waals surface area contributed by atoms with E-state index in [-0.39, 0.29) is 24.8 Å². The van der Waals surface area contributed by atoms with Gasteiger partial charge in [-0.25, -0.2) is 4.79 Å². The Morgan fingerprint density at radius 3 is 2.16 bits per heavy atom. The van der Waals surface area contributed by atoms with E-state index < -0.39 is 12.0 Å². The first-order chi connectivity index (χ1) is 18.0. The molecule has 0 bridgehead atoms. The molecule has 0 radical (unpaired) electrons. The molecule has 4 rings (SSSR count). The van der Waals surface area contributed by atoms with E-state index in [1.165, 1.54) is 0 Å². The smallest absolute Gasteiger partial charge is 0.338 e. The van der Waals surface area contributed by atoms with Crippen LogP contribution in [0.3, 0.4) is 0 Å². The van der Waals surface area contributed by atoms with E-state index in [0.29, 0.717) is 35.9 Å². The number of nitrogens with one attached hydrogen (secondary N) is 1. The van der Waals surface area contributed by atoms with Gasteiger partial charge in [-0.1, -0.05) is 60.7 Å². The van der Waals surface area contributed by atoms with Crippen molar-refractivity contribution in [2.45, 2.75) is 32.4 Å². The van der Waals surface area contributed by atoms with Crippen molar-refractivity contribution in [1.82, 2.24) is 9.80 Å². The Balaban J connectivity index is 1.46. The van der Waals surface area contributed by atoms with Gasteiger partial charge in [-0.15, -0.1) is 0 Å². The van der Waals surface area contributed by atoms with E-state index in [1.54, 1.807) is 36.1 Å². The lowest BCUT2D eigenvalue weighted by Gasteiger charge is -2.24. The summed E-state index contributed by atoms with van der Waals surface area (Å²) < 4.78 is 4.99. The van der Waals surface area contributed by atoms with E-state index in [4.69, 9.17) is 17.0 Å². The number of amides is 2. The summed E-state index contributed by atoms with van der Waals surface area (Å²) in [6, 6.07) is 25.4. The second kappa shape index (κ2) is 12.3. The molecule has 0 saturated carbocycles. The van der Waals surface area contributed by atoms with Crippen LogP contribution in [-0.2, 0) is 27.3 Å². The van der Waals surface area contributed by atoms with Gasteiger partial charge in [0.15, 0.2) is 5.11 Å². The van der Waals surface area contributed by atoms with Gasteiger partial charge in [0.25, 0.3) is 5.91 Å². The number of hydrogen-bond donors (Lipinski definition) is 1. The second-order valence-corrected chi connectivity index (χ2v) is 9.05. The van der Waals surface area contributed by atoms with Crippen molar-refractivity contribution in [3.05, 3.63) is 102 Å². The minimum atomic E-state index is -0.706. The summed E-state index contributed by atoms with van der Waals surface area (Å²) in [5, 5.41) is 3.26. The van der Waals surface area contributed by atoms with Crippen LogP contribution in [0.15, 0.2) is 84.9 Å². The lowest BCUT2D eigenvalue weighted by molar-refractivity contribution is -0.130. The molecule has 1 heterocycles. The van der Waals surface area contributed by atoms with Crippen LogP contribution in [0.25, 0.3) is 0 Å². The number of nitrogens with zero attached hydrogens (tertiary/aromatic N) is 2. The van der Waals surface area contributed by atoms with Crippen LogP contribution in [0.1, 0.15) is 34.8 Å². The van der Waals surface area contributed by atoms with Crippen LogP contribution < -0.4 is 5.32 Å². The van der Waals surface area contributed by atoms with Gasteiger partial charge >= 0.3 is 5.97 Å². The minimum absolute atomic E-state index is 0.0483. The van der Waals surface area contributed by atoms with E-state index >= 15 is 0 Å². The summed E-state index contributed by atoms with van der Waals surface area (Å²) in [5.74, 6) is -0.907. The summed E-state index contributed by atoms with van der Waals surface area (Å²) in [7, 11) is 0. The zero-order valence-electron chi connectivity index (χ0n) is 20.6. The van der Waals surface area contributed by atoms with Crippen molar-refractivity contribution in [3.63, 3.8) is 0 Å². The summed E-state index contributed by atoms with van der Waals surface area (Å²) in [5.41, 5.74) is 3.04. The maximum atomic E-state index is 13.5. The summed E-state index contributed by atoms with van der Waals surface area (Å²) in [6.07, 6.45) is 0.616. The minimum Gasteiger partial charge on any atom is -0.462 e. The van der Waals surface area contributed by atoms with Crippen LogP contribution in [0.4, 0.5) is 5.69 Å². The highest BCUT2D eigenvalue weighted by molar-refractivity contribution is 7.80. The number of esters is 1. The van der Waals surface area contributed by atoms with E-state index in [9.17, 15) is 14.4 Å². The molecular formula is C29H29N3O4S. The normalized spacial score (nSPS) is 15.1. The number of rotatable bonds is 10. The molecule has 8 heteroatoms. The predicted octanol–water partition coefficient (Wildman–Crippen LogP) is 4.43. The van der Waals surface area contributed by atoms with Crippen molar-refractivity contribution in [3.8, 4) is 0 Å². The molecule has 1 aliphatic heterocycles. The third-order valence-electron chi connectivity index (χ3n) is 6.13. The summed E-state index contributed by atoms with van der Waals surface area (Å²) in [4.78, 5) is 41.8.